The maximum Gasteiger partial charge on any atom is 0.258 e. The Balaban J connectivity index is 1.76. The lowest BCUT2D eigenvalue weighted by Gasteiger charge is -2.40. The van der Waals surface area contributed by atoms with Gasteiger partial charge in [-0.1, -0.05) is 30.3 Å². The molecule has 0 bridgehead atoms. The first-order valence-electron chi connectivity index (χ1n) is 7.93. The molecule has 2 atom stereocenters. The number of carbonyl (C=O) groups excluding carboxylic acids is 1. The number of carbonyl (C=O) groups is 1. The van der Waals surface area contributed by atoms with Gasteiger partial charge in [0.05, 0.1) is 30.6 Å². The third-order valence-corrected chi connectivity index (χ3v) is 4.69. The van der Waals surface area contributed by atoms with E-state index in [1.807, 2.05) is 18.2 Å². The van der Waals surface area contributed by atoms with E-state index in [2.05, 4.69) is 24.1 Å². The fraction of sp³-hybridized carbons (Fsp3) is 0.389. The van der Waals surface area contributed by atoms with Crippen molar-refractivity contribution in [3.05, 3.63) is 59.0 Å². The first-order chi connectivity index (χ1) is 11.6. The summed E-state index contributed by atoms with van der Waals surface area (Å²) in [5, 5.41) is 0.119. The van der Waals surface area contributed by atoms with Gasteiger partial charge in [0.25, 0.3) is 5.91 Å². The van der Waals surface area contributed by atoms with Crippen LogP contribution in [0.15, 0.2) is 47.1 Å². The van der Waals surface area contributed by atoms with E-state index in [0.29, 0.717) is 18.7 Å². The number of likely N-dealkylation sites (N-methyl/N-ethyl adjacent to an activating group) is 2. The fourth-order valence-electron chi connectivity index (χ4n) is 3.14. The van der Waals surface area contributed by atoms with Crippen LogP contribution in [0, 0.1) is 0 Å². The Morgan fingerprint density at radius 3 is 2.75 bits per heavy atom. The van der Waals surface area contributed by atoms with Crippen LogP contribution in [0.5, 0.6) is 0 Å². The summed E-state index contributed by atoms with van der Waals surface area (Å²) in [6.45, 7) is 1.99. The van der Waals surface area contributed by atoms with E-state index in [1.54, 1.807) is 18.0 Å². The summed E-state index contributed by atoms with van der Waals surface area (Å²) in [5.41, 5.74) is 1.56. The van der Waals surface area contributed by atoms with Gasteiger partial charge in [-0.15, -0.1) is 0 Å². The van der Waals surface area contributed by atoms with Crippen LogP contribution < -0.4 is 0 Å². The number of benzene rings is 1. The van der Waals surface area contributed by atoms with Gasteiger partial charge >= 0.3 is 0 Å². The lowest BCUT2D eigenvalue weighted by molar-refractivity contribution is -0.0707. The van der Waals surface area contributed by atoms with Crippen molar-refractivity contribution in [2.24, 2.45) is 0 Å². The van der Waals surface area contributed by atoms with Crippen LogP contribution in [0.25, 0.3) is 0 Å². The molecule has 2 heterocycles. The number of morpholine rings is 1. The van der Waals surface area contributed by atoms with E-state index in [-0.39, 0.29) is 23.3 Å². The molecule has 1 aliphatic rings. The Hall–Kier alpha value is -1.82. The van der Waals surface area contributed by atoms with Crippen LogP contribution in [-0.4, -0.2) is 55.6 Å². The third kappa shape index (κ3) is 3.48. The molecule has 5 nitrogen and oxygen atoms in total. The van der Waals surface area contributed by atoms with Crippen LogP contribution in [0.4, 0.5) is 0 Å². The molecule has 1 fully saturated rings. The highest BCUT2D eigenvalue weighted by molar-refractivity contribution is 6.32. The lowest BCUT2D eigenvalue weighted by atomic mass is 9.98. The van der Waals surface area contributed by atoms with Gasteiger partial charge < -0.3 is 14.1 Å². The molecule has 0 unspecified atom stereocenters. The predicted octanol–water partition coefficient (Wildman–Crippen LogP) is 3.08. The van der Waals surface area contributed by atoms with Gasteiger partial charge in [0.1, 0.15) is 0 Å². The van der Waals surface area contributed by atoms with E-state index >= 15 is 0 Å². The Morgan fingerprint density at radius 1 is 1.33 bits per heavy atom. The molecule has 1 aromatic carbocycles. The van der Waals surface area contributed by atoms with Gasteiger partial charge in [0.2, 0.25) is 5.22 Å². The Kier molecular flexibility index (Phi) is 5.23. The molecule has 0 spiro atoms. The van der Waals surface area contributed by atoms with Crippen molar-refractivity contribution < 1.29 is 13.9 Å². The molecule has 128 valence electrons. The number of furan rings is 1. The minimum absolute atomic E-state index is 0.106. The van der Waals surface area contributed by atoms with Gasteiger partial charge in [0.15, 0.2) is 0 Å². The molecule has 0 radical (unpaired) electrons. The number of ether oxygens (including phenoxy) is 1. The normalized spacial score (nSPS) is 21.6. The maximum absolute atomic E-state index is 12.5. The Morgan fingerprint density at radius 2 is 2.08 bits per heavy atom. The smallest absolute Gasteiger partial charge is 0.258 e. The minimum atomic E-state index is -0.169. The van der Waals surface area contributed by atoms with Crippen LogP contribution in [0.1, 0.15) is 22.0 Å². The second-order valence-electron chi connectivity index (χ2n) is 6.04. The zero-order valence-corrected chi connectivity index (χ0v) is 14.6. The zero-order chi connectivity index (χ0) is 17.1. The highest BCUT2D eigenvalue weighted by Gasteiger charge is 2.33. The van der Waals surface area contributed by atoms with Gasteiger partial charge in [-0.05, 0) is 30.3 Å². The summed E-state index contributed by atoms with van der Waals surface area (Å²) in [6, 6.07) is 11.9. The van der Waals surface area contributed by atoms with E-state index in [9.17, 15) is 4.79 Å². The van der Waals surface area contributed by atoms with E-state index in [0.717, 1.165) is 6.54 Å². The SMILES string of the molecule is CN(C[C@@H]1OCCN(C)[C@H]1c1ccccc1)C(=O)c1ccoc1Cl. The number of nitrogens with zero attached hydrogens (tertiary/aromatic N) is 2. The summed E-state index contributed by atoms with van der Waals surface area (Å²) in [7, 11) is 3.84. The molecule has 6 heteroatoms. The van der Waals surface area contributed by atoms with Gasteiger partial charge in [-0.3, -0.25) is 9.69 Å². The van der Waals surface area contributed by atoms with Gasteiger partial charge in [-0.25, -0.2) is 0 Å². The molecule has 1 aliphatic heterocycles. The van der Waals surface area contributed by atoms with Crippen molar-refractivity contribution >= 4 is 17.5 Å². The van der Waals surface area contributed by atoms with E-state index in [4.69, 9.17) is 20.8 Å². The average molecular weight is 349 g/mol. The van der Waals surface area contributed by atoms with Crippen molar-refractivity contribution in [3.8, 4) is 0 Å². The lowest BCUT2D eigenvalue weighted by Crippen LogP contribution is -2.48. The van der Waals surface area contributed by atoms with Crippen LogP contribution in [0.3, 0.4) is 0 Å². The molecule has 3 rings (SSSR count). The molecule has 1 amide bonds. The summed E-state index contributed by atoms with van der Waals surface area (Å²) < 4.78 is 11.0. The second kappa shape index (κ2) is 7.38. The van der Waals surface area contributed by atoms with E-state index in [1.165, 1.54) is 11.8 Å². The number of rotatable bonds is 4. The van der Waals surface area contributed by atoms with Crippen LogP contribution in [-0.2, 0) is 4.74 Å². The summed E-state index contributed by atoms with van der Waals surface area (Å²) in [5.74, 6) is -0.169. The summed E-state index contributed by atoms with van der Waals surface area (Å²) >= 11 is 5.92. The van der Waals surface area contributed by atoms with E-state index < -0.39 is 0 Å². The maximum atomic E-state index is 12.5. The fourth-order valence-corrected chi connectivity index (χ4v) is 3.33. The monoisotopic (exact) mass is 348 g/mol. The quantitative estimate of drug-likeness (QED) is 0.851. The summed E-state index contributed by atoms with van der Waals surface area (Å²) in [4.78, 5) is 16.4. The van der Waals surface area contributed by atoms with Gasteiger partial charge in [-0.2, -0.15) is 0 Å². The topological polar surface area (TPSA) is 45.9 Å². The number of hydrogen-bond donors (Lipinski definition) is 0. The third-order valence-electron chi connectivity index (χ3n) is 4.39. The van der Waals surface area contributed by atoms with Crippen molar-refractivity contribution in [2.45, 2.75) is 12.1 Å². The van der Waals surface area contributed by atoms with Crippen molar-refractivity contribution in [3.63, 3.8) is 0 Å². The molecule has 1 saturated heterocycles. The molecule has 0 saturated carbocycles. The van der Waals surface area contributed by atoms with Gasteiger partial charge in [0, 0.05) is 20.1 Å². The molecule has 2 aromatic rings. The first kappa shape index (κ1) is 17.0. The summed E-state index contributed by atoms with van der Waals surface area (Å²) in [6.07, 6.45) is 1.31. The number of hydrogen-bond acceptors (Lipinski definition) is 4. The standard InChI is InChI=1S/C18H21ClN2O3/c1-20-9-11-23-15(16(20)13-6-4-3-5-7-13)12-21(2)18(22)14-8-10-24-17(14)19/h3-8,10,15-16H,9,11-12H2,1-2H3/t15-,16-/m0/s1. The van der Waals surface area contributed by atoms with Crippen molar-refractivity contribution in [1.82, 2.24) is 9.80 Å². The van der Waals surface area contributed by atoms with Crippen LogP contribution in [0.2, 0.25) is 5.22 Å². The molecule has 0 N–H and O–H groups in total. The van der Waals surface area contributed by atoms with Crippen molar-refractivity contribution in [1.29, 1.82) is 0 Å². The highest BCUT2D eigenvalue weighted by Crippen LogP contribution is 2.29. The molecule has 0 aliphatic carbocycles. The van der Waals surface area contributed by atoms with Crippen molar-refractivity contribution in [2.75, 3.05) is 33.8 Å². The Bertz CT molecular complexity index is 689. The van der Waals surface area contributed by atoms with Crippen LogP contribution >= 0.6 is 11.6 Å². The number of amides is 1. The molecule has 1 aromatic heterocycles. The number of halogens is 1. The Labute approximate surface area is 146 Å². The largest absolute Gasteiger partial charge is 0.452 e. The minimum Gasteiger partial charge on any atom is -0.452 e. The highest BCUT2D eigenvalue weighted by atomic mass is 35.5. The zero-order valence-electron chi connectivity index (χ0n) is 13.8. The predicted molar refractivity (Wildman–Crippen MR) is 92.2 cm³/mol. The average Bonchev–Trinajstić information content (AvgIpc) is 3.01. The second-order valence-corrected chi connectivity index (χ2v) is 6.38. The molecular weight excluding hydrogens is 328 g/mol. The molecule has 24 heavy (non-hydrogen) atoms. The first-order valence-corrected chi connectivity index (χ1v) is 8.31. The molecular formula is C18H21ClN2O3.